The van der Waals surface area contributed by atoms with Crippen LogP contribution in [0.2, 0.25) is 0 Å². The van der Waals surface area contributed by atoms with Crippen molar-refractivity contribution in [1.82, 2.24) is 4.57 Å². The number of benzene rings is 1. The second kappa shape index (κ2) is 5.49. The van der Waals surface area contributed by atoms with Crippen molar-refractivity contribution in [2.45, 2.75) is 4.90 Å². The number of carboxylic acids is 1. The molecule has 0 amide bonds. The van der Waals surface area contributed by atoms with Gasteiger partial charge in [-0.25, -0.2) is 13.2 Å². The van der Waals surface area contributed by atoms with E-state index in [0.29, 0.717) is 5.75 Å². The third kappa shape index (κ3) is 3.16. The quantitative estimate of drug-likeness (QED) is 0.873. The average molecular weight is 310 g/mol. The van der Waals surface area contributed by atoms with Gasteiger partial charge in [0.1, 0.15) is 10.6 Å². The van der Waals surface area contributed by atoms with Gasteiger partial charge in [0, 0.05) is 19.4 Å². The van der Waals surface area contributed by atoms with E-state index >= 15 is 0 Å². The summed E-state index contributed by atoms with van der Waals surface area (Å²) in [6, 6.07) is 5.51. The molecular formula is C13H14N2O5S. The monoisotopic (exact) mass is 310 g/mol. The Labute approximate surface area is 121 Å². The number of carbonyl (C=O) groups is 1. The van der Waals surface area contributed by atoms with Crippen LogP contribution in [0.3, 0.4) is 0 Å². The van der Waals surface area contributed by atoms with Crippen molar-refractivity contribution < 1.29 is 23.1 Å². The molecule has 0 radical (unpaired) electrons. The Morgan fingerprint density at radius 2 is 2.05 bits per heavy atom. The molecule has 0 fully saturated rings. The summed E-state index contributed by atoms with van der Waals surface area (Å²) in [6.07, 6.45) is 3.01. The molecule has 21 heavy (non-hydrogen) atoms. The summed E-state index contributed by atoms with van der Waals surface area (Å²) in [5, 5.41) is 9.16. The molecule has 1 aromatic carbocycles. The van der Waals surface area contributed by atoms with Crippen LogP contribution in [0.4, 0.5) is 5.69 Å². The first-order valence-electron chi connectivity index (χ1n) is 5.89. The van der Waals surface area contributed by atoms with E-state index in [1.165, 1.54) is 37.6 Å². The number of nitrogens with zero attached hydrogens (tertiary/aromatic N) is 1. The van der Waals surface area contributed by atoms with Gasteiger partial charge in [-0.2, -0.15) is 0 Å². The molecule has 0 saturated carbocycles. The van der Waals surface area contributed by atoms with Gasteiger partial charge in [0.25, 0.3) is 10.0 Å². The standard InChI is InChI=1S/C13H14N2O5S/c1-15-6-5-10(8-15)21(18,19)14-12-4-3-9(20-2)7-11(12)13(16)17/h3-8,14H,1-2H3,(H,16,17). The zero-order chi connectivity index (χ0) is 15.6. The fraction of sp³-hybridized carbons (Fsp3) is 0.154. The number of carboxylic acid groups (broad SMARTS) is 1. The van der Waals surface area contributed by atoms with Gasteiger partial charge < -0.3 is 14.4 Å². The van der Waals surface area contributed by atoms with Crippen molar-refractivity contribution in [1.29, 1.82) is 0 Å². The lowest BCUT2D eigenvalue weighted by Gasteiger charge is -2.11. The lowest BCUT2D eigenvalue weighted by molar-refractivity contribution is 0.0697. The number of anilines is 1. The maximum absolute atomic E-state index is 12.2. The summed E-state index contributed by atoms with van der Waals surface area (Å²) in [5.74, 6) is -0.922. The SMILES string of the molecule is COc1ccc(NS(=O)(=O)c2ccn(C)c2)c(C(=O)O)c1. The molecule has 0 atom stereocenters. The van der Waals surface area contributed by atoms with E-state index in [0.717, 1.165) is 0 Å². The van der Waals surface area contributed by atoms with Crippen LogP contribution in [0.15, 0.2) is 41.6 Å². The number of aromatic carboxylic acids is 1. The third-order valence-corrected chi connectivity index (χ3v) is 4.17. The minimum Gasteiger partial charge on any atom is -0.497 e. The maximum atomic E-state index is 12.2. The number of rotatable bonds is 5. The highest BCUT2D eigenvalue weighted by molar-refractivity contribution is 7.92. The molecule has 8 heteroatoms. The van der Waals surface area contributed by atoms with E-state index in [-0.39, 0.29) is 16.1 Å². The van der Waals surface area contributed by atoms with Crippen molar-refractivity contribution in [3.63, 3.8) is 0 Å². The maximum Gasteiger partial charge on any atom is 0.337 e. The number of hydrogen-bond donors (Lipinski definition) is 2. The highest BCUT2D eigenvalue weighted by Crippen LogP contribution is 2.24. The molecule has 0 aliphatic heterocycles. The molecule has 0 unspecified atom stereocenters. The lowest BCUT2D eigenvalue weighted by atomic mass is 10.2. The van der Waals surface area contributed by atoms with Crippen LogP contribution in [0, 0.1) is 0 Å². The molecule has 2 aromatic rings. The summed E-state index contributed by atoms with van der Waals surface area (Å²) in [7, 11) is -0.756. The number of aryl methyl sites for hydroxylation is 1. The second-order valence-corrected chi connectivity index (χ2v) is 6.02. The first-order valence-corrected chi connectivity index (χ1v) is 7.38. The highest BCUT2D eigenvalue weighted by atomic mass is 32.2. The van der Waals surface area contributed by atoms with Crippen molar-refractivity contribution in [2.24, 2.45) is 7.05 Å². The smallest absolute Gasteiger partial charge is 0.337 e. The van der Waals surface area contributed by atoms with E-state index in [9.17, 15) is 13.2 Å². The van der Waals surface area contributed by atoms with Crippen LogP contribution in [0.1, 0.15) is 10.4 Å². The van der Waals surface area contributed by atoms with Crippen LogP contribution < -0.4 is 9.46 Å². The summed E-state index contributed by atoms with van der Waals surface area (Å²) >= 11 is 0. The minimum atomic E-state index is -3.84. The molecule has 0 aliphatic carbocycles. The number of aromatic nitrogens is 1. The second-order valence-electron chi connectivity index (χ2n) is 4.33. The molecule has 0 saturated heterocycles. The Kier molecular flexibility index (Phi) is 3.90. The summed E-state index contributed by atoms with van der Waals surface area (Å²) < 4.78 is 33.2. The van der Waals surface area contributed by atoms with Crippen molar-refractivity contribution in [3.05, 3.63) is 42.2 Å². The highest BCUT2D eigenvalue weighted by Gasteiger charge is 2.19. The molecular weight excluding hydrogens is 296 g/mol. The Hall–Kier alpha value is -2.48. The van der Waals surface area contributed by atoms with E-state index in [1.54, 1.807) is 17.8 Å². The fourth-order valence-electron chi connectivity index (χ4n) is 1.76. The Morgan fingerprint density at radius 1 is 1.33 bits per heavy atom. The van der Waals surface area contributed by atoms with Gasteiger partial charge in [0.15, 0.2) is 0 Å². The minimum absolute atomic E-state index is 0.0212. The van der Waals surface area contributed by atoms with E-state index in [2.05, 4.69) is 4.72 Å². The van der Waals surface area contributed by atoms with Crippen LogP contribution >= 0.6 is 0 Å². The van der Waals surface area contributed by atoms with Crippen LogP contribution in [-0.4, -0.2) is 31.2 Å². The first kappa shape index (κ1) is 14.9. The van der Waals surface area contributed by atoms with Crippen molar-refractivity contribution in [3.8, 4) is 5.75 Å². The topological polar surface area (TPSA) is 97.6 Å². The number of sulfonamides is 1. The predicted octanol–water partition coefficient (Wildman–Crippen LogP) is 1.53. The predicted molar refractivity (Wildman–Crippen MR) is 76.2 cm³/mol. The van der Waals surface area contributed by atoms with Crippen LogP contribution in [-0.2, 0) is 17.1 Å². The molecule has 0 aliphatic rings. The molecule has 0 spiro atoms. The lowest BCUT2D eigenvalue weighted by Crippen LogP contribution is -2.15. The average Bonchev–Trinajstić information content (AvgIpc) is 2.86. The van der Waals surface area contributed by atoms with Gasteiger partial charge in [-0.3, -0.25) is 4.72 Å². The molecule has 1 aromatic heterocycles. The van der Waals surface area contributed by atoms with Gasteiger partial charge in [-0.1, -0.05) is 0 Å². The van der Waals surface area contributed by atoms with Crippen molar-refractivity contribution in [2.75, 3.05) is 11.8 Å². The molecule has 7 nitrogen and oxygen atoms in total. The first-order chi connectivity index (χ1) is 9.83. The number of ether oxygens (including phenoxy) is 1. The van der Waals surface area contributed by atoms with E-state index < -0.39 is 16.0 Å². The van der Waals surface area contributed by atoms with Crippen LogP contribution in [0.5, 0.6) is 5.75 Å². The Balaban J connectivity index is 2.41. The largest absolute Gasteiger partial charge is 0.497 e. The Bertz CT molecular complexity index is 780. The third-order valence-electron chi connectivity index (χ3n) is 2.82. The summed E-state index contributed by atoms with van der Waals surface area (Å²) in [6.45, 7) is 0. The number of nitrogens with one attached hydrogen (secondary N) is 1. The molecule has 112 valence electrons. The van der Waals surface area contributed by atoms with Gasteiger partial charge in [-0.05, 0) is 24.3 Å². The number of methoxy groups -OCH3 is 1. The number of hydrogen-bond acceptors (Lipinski definition) is 4. The van der Waals surface area contributed by atoms with Gasteiger partial charge in [0.05, 0.1) is 18.4 Å². The molecule has 1 heterocycles. The zero-order valence-corrected chi connectivity index (χ0v) is 12.2. The van der Waals surface area contributed by atoms with E-state index in [4.69, 9.17) is 9.84 Å². The molecule has 2 N–H and O–H groups in total. The van der Waals surface area contributed by atoms with Gasteiger partial charge in [0.2, 0.25) is 0 Å². The Morgan fingerprint density at radius 3 is 2.57 bits per heavy atom. The van der Waals surface area contributed by atoms with Crippen molar-refractivity contribution >= 4 is 21.7 Å². The summed E-state index contributed by atoms with van der Waals surface area (Å²) in [4.78, 5) is 11.3. The fourth-order valence-corrected chi connectivity index (χ4v) is 2.89. The van der Waals surface area contributed by atoms with Crippen LogP contribution in [0.25, 0.3) is 0 Å². The molecule has 2 rings (SSSR count). The normalized spacial score (nSPS) is 11.1. The van der Waals surface area contributed by atoms with E-state index in [1.807, 2.05) is 0 Å². The molecule has 0 bridgehead atoms. The zero-order valence-electron chi connectivity index (χ0n) is 11.4. The van der Waals surface area contributed by atoms with Gasteiger partial charge >= 0.3 is 5.97 Å². The summed E-state index contributed by atoms with van der Waals surface area (Å²) in [5.41, 5.74) is -0.207. The van der Waals surface area contributed by atoms with Gasteiger partial charge in [-0.15, -0.1) is 0 Å².